The number of nitrogens with one attached hydrogen (secondary N) is 2. The number of hydrogen-bond acceptors (Lipinski definition) is 3. The van der Waals surface area contributed by atoms with Gasteiger partial charge < -0.3 is 15.2 Å². The molecule has 16 heavy (non-hydrogen) atoms. The van der Waals surface area contributed by atoms with Gasteiger partial charge in [-0.25, -0.2) is 0 Å². The van der Waals surface area contributed by atoms with E-state index >= 15 is 0 Å². The first kappa shape index (κ1) is 12.3. The average molecular weight is 223 g/mol. The molecule has 0 atom stereocenters. The van der Waals surface area contributed by atoms with Crippen LogP contribution >= 0.6 is 0 Å². The van der Waals surface area contributed by atoms with E-state index in [4.69, 9.17) is 0 Å². The van der Waals surface area contributed by atoms with Gasteiger partial charge in [0.1, 0.15) is 5.82 Å². The van der Waals surface area contributed by atoms with Crippen LogP contribution in [0.15, 0.2) is 10.9 Å². The van der Waals surface area contributed by atoms with Crippen LogP contribution in [0.3, 0.4) is 0 Å². The van der Waals surface area contributed by atoms with Crippen molar-refractivity contribution >= 4 is 11.7 Å². The number of aryl methyl sites for hydroxylation is 1. The summed E-state index contributed by atoms with van der Waals surface area (Å²) in [5.74, 6) is 0.587. The zero-order chi connectivity index (χ0) is 12.3. The Labute approximate surface area is 94.5 Å². The molecule has 0 saturated heterocycles. The number of nitrogens with zero attached hydrogens (tertiary/aromatic N) is 1. The number of hydrogen-bond donors (Lipinski definition) is 2. The fourth-order valence-corrected chi connectivity index (χ4v) is 1.57. The van der Waals surface area contributed by atoms with E-state index in [0.717, 1.165) is 11.5 Å². The molecule has 0 unspecified atom stereocenters. The maximum atomic E-state index is 11.8. The van der Waals surface area contributed by atoms with E-state index < -0.39 is 0 Å². The third-order valence-corrected chi connectivity index (χ3v) is 2.54. The van der Waals surface area contributed by atoms with Crippen molar-refractivity contribution < 1.29 is 4.79 Å². The van der Waals surface area contributed by atoms with Crippen LogP contribution in [0.25, 0.3) is 0 Å². The van der Waals surface area contributed by atoms with Crippen molar-refractivity contribution in [2.24, 2.45) is 7.05 Å². The van der Waals surface area contributed by atoms with Crippen molar-refractivity contribution in [2.45, 2.75) is 20.4 Å². The number of rotatable bonds is 3. The molecular formula is C11H17N3O2. The largest absolute Gasteiger partial charge is 0.374 e. The highest BCUT2D eigenvalue weighted by Crippen LogP contribution is 2.11. The minimum Gasteiger partial charge on any atom is -0.374 e. The summed E-state index contributed by atoms with van der Waals surface area (Å²) in [6.45, 7) is 3.54. The second kappa shape index (κ2) is 4.83. The van der Waals surface area contributed by atoms with Crippen LogP contribution in [-0.2, 0) is 18.4 Å². The summed E-state index contributed by atoms with van der Waals surface area (Å²) in [5, 5.41) is 5.61. The second-order valence-corrected chi connectivity index (χ2v) is 3.70. The molecule has 1 heterocycles. The van der Waals surface area contributed by atoms with Gasteiger partial charge in [0.15, 0.2) is 5.43 Å². The molecule has 0 spiro atoms. The van der Waals surface area contributed by atoms with E-state index in [9.17, 15) is 9.59 Å². The van der Waals surface area contributed by atoms with Gasteiger partial charge in [0.2, 0.25) is 5.91 Å². The van der Waals surface area contributed by atoms with Crippen molar-refractivity contribution in [3.8, 4) is 0 Å². The summed E-state index contributed by atoms with van der Waals surface area (Å²) in [7, 11) is 3.63. The molecule has 1 aromatic heterocycles. The van der Waals surface area contributed by atoms with Crippen LogP contribution in [0.2, 0.25) is 0 Å². The summed E-state index contributed by atoms with van der Waals surface area (Å²) in [6.07, 6.45) is 0. The lowest BCUT2D eigenvalue weighted by atomic mass is 10.2. The first-order chi connectivity index (χ1) is 7.47. The Balaban J connectivity index is 3.21. The fraction of sp³-hybridized carbons (Fsp3) is 0.455. The van der Waals surface area contributed by atoms with Gasteiger partial charge >= 0.3 is 0 Å². The van der Waals surface area contributed by atoms with Gasteiger partial charge in [0, 0.05) is 32.8 Å². The molecule has 0 bridgehead atoms. The van der Waals surface area contributed by atoms with Gasteiger partial charge in [-0.1, -0.05) is 0 Å². The van der Waals surface area contributed by atoms with Crippen LogP contribution in [0.5, 0.6) is 0 Å². The normalized spacial score (nSPS) is 10.0. The molecule has 88 valence electrons. The Morgan fingerprint density at radius 1 is 1.50 bits per heavy atom. The maximum absolute atomic E-state index is 11.8. The number of anilines is 1. The number of aromatic nitrogens is 1. The van der Waals surface area contributed by atoms with E-state index in [2.05, 4.69) is 10.6 Å². The summed E-state index contributed by atoms with van der Waals surface area (Å²) < 4.78 is 1.89. The van der Waals surface area contributed by atoms with Crippen LogP contribution in [0, 0.1) is 6.92 Å². The van der Waals surface area contributed by atoms with E-state index in [1.165, 1.54) is 6.92 Å². The molecule has 0 aromatic carbocycles. The molecule has 0 aliphatic carbocycles. The van der Waals surface area contributed by atoms with Crippen LogP contribution in [-0.4, -0.2) is 17.5 Å². The van der Waals surface area contributed by atoms with Crippen LogP contribution in [0.1, 0.15) is 18.2 Å². The highest BCUT2D eigenvalue weighted by Gasteiger charge is 2.10. The van der Waals surface area contributed by atoms with Gasteiger partial charge in [-0.2, -0.15) is 0 Å². The lowest BCUT2D eigenvalue weighted by Crippen LogP contribution is -2.26. The summed E-state index contributed by atoms with van der Waals surface area (Å²) in [4.78, 5) is 22.6. The van der Waals surface area contributed by atoms with Gasteiger partial charge in [-0.15, -0.1) is 0 Å². The molecule has 0 aliphatic heterocycles. The summed E-state index contributed by atoms with van der Waals surface area (Å²) >= 11 is 0. The highest BCUT2D eigenvalue weighted by atomic mass is 16.1. The topological polar surface area (TPSA) is 63.1 Å². The summed E-state index contributed by atoms with van der Waals surface area (Å²) in [6, 6.07) is 1.57. The van der Waals surface area contributed by atoms with E-state index in [0.29, 0.717) is 5.56 Å². The van der Waals surface area contributed by atoms with Crippen molar-refractivity contribution in [3.05, 3.63) is 27.5 Å². The Bertz CT molecular complexity index is 463. The van der Waals surface area contributed by atoms with Crippen molar-refractivity contribution in [1.29, 1.82) is 0 Å². The van der Waals surface area contributed by atoms with Gasteiger partial charge in [0.25, 0.3) is 0 Å². The predicted molar refractivity (Wildman–Crippen MR) is 63.5 cm³/mol. The van der Waals surface area contributed by atoms with Crippen molar-refractivity contribution in [3.63, 3.8) is 0 Å². The monoisotopic (exact) mass is 223 g/mol. The minimum atomic E-state index is -0.148. The fourth-order valence-electron chi connectivity index (χ4n) is 1.57. The van der Waals surface area contributed by atoms with Gasteiger partial charge in [-0.05, 0) is 6.92 Å². The Morgan fingerprint density at radius 2 is 2.12 bits per heavy atom. The number of carbonyl (C=O) groups excluding carboxylic acids is 1. The molecule has 0 aliphatic rings. The highest BCUT2D eigenvalue weighted by molar-refractivity contribution is 5.73. The molecule has 2 N–H and O–H groups in total. The van der Waals surface area contributed by atoms with Crippen LogP contribution in [0.4, 0.5) is 5.82 Å². The Hall–Kier alpha value is -1.78. The smallest absolute Gasteiger partial charge is 0.217 e. The molecule has 5 heteroatoms. The number of carbonyl (C=O) groups is 1. The van der Waals surface area contributed by atoms with Crippen molar-refractivity contribution in [1.82, 2.24) is 9.88 Å². The van der Waals surface area contributed by atoms with E-state index in [1.807, 2.05) is 18.5 Å². The average Bonchev–Trinajstić information content (AvgIpc) is 2.21. The van der Waals surface area contributed by atoms with Crippen molar-refractivity contribution in [2.75, 3.05) is 12.4 Å². The number of pyridine rings is 1. The molecule has 1 amide bonds. The zero-order valence-electron chi connectivity index (χ0n) is 10.0. The standard InChI is InChI=1S/C11H17N3O2/c1-7-5-10(16)9(6-13-8(2)15)11(12-3)14(7)4/h5,12H,6H2,1-4H3,(H,13,15). The van der Waals surface area contributed by atoms with Crippen LogP contribution < -0.4 is 16.1 Å². The Morgan fingerprint density at radius 3 is 2.62 bits per heavy atom. The maximum Gasteiger partial charge on any atom is 0.217 e. The van der Waals surface area contributed by atoms with Gasteiger partial charge in [-0.3, -0.25) is 9.59 Å². The molecule has 5 nitrogen and oxygen atoms in total. The lowest BCUT2D eigenvalue weighted by Gasteiger charge is -2.16. The summed E-state index contributed by atoms with van der Waals surface area (Å²) in [5.41, 5.74) is 1.39. The van der Waals surface area contributed by atoms with E-state index in [-0.39, 0.29) is 17.9 Å². The number of amides is 1. The zero-order valence-corrected chi connectivity index (χ0v) is 10.0. The quantitative estimate of drug-likeness (QED) is 0.778. The predicted octanol–water partition coefficient (Wildman–Crippen LogP) is 0.372. The molecular weight excluding hydrogens is 206 g/mol. The first-order valence-electron chi connectivity index (χ1n) is 5.09. The SMILES string of the molecule is CNc1c(CNC(C)=O)c(=O)cc(C)n1C. The first-order valence-corrected chi connectivity index (χ1v) is 5.09. The van der Waals surface area contributed by atoms with E-state index in [1.54, 1.807) is 13.1 Å². The lowest BCUT2D eigenvalue weighted by molar-refractivity contribution is -0.119. The molecule has 1 rings (SSSR count). The second-order valence-electron chi connectivity index (χ2n) is 3.70. The minimum absolute atomic E-state index is 0.0614. The van der Waals surface area contributed by atoms with Gasteiger partial charge in [0.05, 0.1) is 12.1 Å². The Kier molecular flexibility index (Phi) is 3.71. The molecule has 0 saturated carbocycles. The molecule has 0 radical (unpaired) electrons. The third kappa shape index (κ3) is 2.42. The molecule has 0 fully saturated rings. The third-order valence-electron chi connectivity index (χ3n) is 2.54. The molecule has 1 aromatic rings.